The van der Waals surface area contributed by atoms with Crippen molar-refractivity contribution in [3.63, 3.8) is 0 Å². The zero-order valence-corrected chi connectivity index (χ0v) is 11.6. The van der Waals surface area contributed by atoms with E-state index in [2.05, 4.69) is 4.98 Å². The van der Waals surface area contributed by atoms with Crippen molar-refractivity contribution in [2.75, 3.05) is 7.11 Å². The fraction of sp³-hybridized carbons (Fsp3) is 0.133. The lowest BCUT2D eigenvalue weighted by Gasteiger charge is -2.12. The summed E-state index contributed by atoms with van der Waals surface area (Å²) in [5.41, 5.74) is 2.34. The minimum atomic E-state index is -0.720. The van der Waals surface area contributed by atoms with Gasteiger partial charge in [-0.25, -0.2) is 0 Å². The van der Waals surface area contributed by atoms with Gasteiger partial charge in [-0.15, -0.1) is 0 Å². The fourth-order valence-electron chi connectivity index (χ4n) is 2.11. The highest BCUT2D eigenvalue weighted by Gasteiger charge is 2.12. The van der Waals surface area contributed by atoms with Crippen molar-refractivity contribution in [1.29, 1.82) is 0 Å². The van der Waals surface area contributed by atoms with Gasteiger partial charge in [-0.1, -0.05) is 29.5 Å². The Kier molecular flexibility index (Phi) is 3.30. The number of aromatic amines is 1. The van der Waals surface area contributed by atoms with Gasteiger partial charge in [0, 0.05) is 0 Å². The number of thiazole rings is 1. The second-order valence-electron chi connectivity index (χ2n) is 4.45. The molecule has 1 aromatic heterocycles. The molecule has 1 atom stereocenters. The van der Waals surface area contributed by atoms with Gasteiger partial charge in [0.1, 0.15) is 11.9 Å². The Bertz CT molecular complexity index is 789. The van der Waals surface area contributed by atoms with E-state index in [1.54, 1.807) is 7.11 Å². The molecular formula is C15H13NO3S. The van der Waals surface area contributed by atoms with E-state index in [-0.39, 0.29) is 4.87 Å². The Morgan fingerprint density at radius 1 is 1.15 bits per heavy atom. The fourth-order valence-corrected chi connectivity index (χ4v) is 2.90. The summed E-state index contributed by atoms with van der Waals surface area (Å²) in [5.74, 6) is 0.750. The Morgan fingerprint density at radius 3 is 2.55 bits per heavy atom. The standard InChI is InChI=1S/C15H13NO3S/c1-19-11-5-2-9(3-6-11)14(17)10-4-7-12-13(8-10)20-15(18)16-12/h2-8,14,17H,1H3,(H,16,18). The van der Waals surface area contributed by atoms with Crippen LogP contribution in [0.1, 0.15) is 17.2 Å². The minimum Gasteiger partial charge on any atom is -0.497 e. The van der Waals surface area contributed by atoms with Crippen molar-refractivity contribution < 1.29 is 9.84 Å². The molecular weight excluding hydrogens is 274 g/mol. The van der Waals surface area contributed by atoms with E-state index in [0.29, 0.717) is 0 Å². The minimum absolute atomic E-state index is 0.0870. The summed E-state index contributed by atoms with van der Waals surface area (Å²) in [7, 11) is 1.60. The van der Waals surface area contributed by atoms with Crippen molar-refractivity contribution in [3.8, 4) is 5.75 Å². The van der Waals surface area contributed by atoms with Gasteiger partial charge in [-0.2, -0.15) is 0 Å². The molecule has 0 fully saturated rings. The molecule has 0 bridgehead atoms. The summed E-state index contributed by atoms with van der Waals surface area (Å²) in [4.78, 5) is 14.0. The summed E-state index contributed by atoms with van der Waals surface area (Å²) in [6.07, 6.45) is -0.720. The molecule has 2 aromatic carbocycles. The van der Waals surface area contributed by atoms with Crippen LogP contribution in [-0.2, 0) is 0 Å². The van der Waals surface area contributed by atoms with Gasteiger partial charge in [0.15, 0.2) is 0 Å². The van der Waals surface area contributed by atoms with Gasteiger partial charge >= 0.3 is 4.87 Å². The second-order valence-corrected chi connectivity index (χ2v) is 5.46. The van der Waals surface area contributed by atoms with Gasteiger partial charge in [-0.3, -0.25) is 4.79 Å². The lowest BCUT2D eigenvalue weighted by atomic mass is 10.0. The Hall–Kier alpha value is -2.11. The second kappa shape index (κ2) is 5.11. The average molecular weight is 287 g/mol. The van der Waals surface area contributed by atoms with E-state index >= 15 is 0 Å². The number of hydrogen-bond donors (Lipinski definition) is 2. The van der Waals surface area contributed by atoms with Crippen LogP contribution < -0.4 is 9.61 Å². The normalized spacial score (nSPS) is 12.5. The Morgan fingerprint density at radius 2 is 1.85 bits per heavy atom. The van der Waals surface area contributed by atoms with Crippen LogP contribution in [-0.4, -0.2) is 17.2 Å². The summed E-state index contributed by atoms with van der Waals surface area (Å²) >= 11 is 1.14. The number of aromatic nitrogens is 1. The van der Waals surface area contributed by atoms with E-state index in [9.17, 15) is 9.90 Å². The molecule has 0 spiro atoms. The zero-order valence-electron chi connectivity index (χ0n) is 10.8. The third-order valence-electron chi connectivity index (χ3n) is 3.19. The molecule has 2 N–H and O–H groups in total. The summed E-state index contributed by atoms with van der Waals surface area (Å²) < 4.78 is 5.94. The molecule has 0 aliphatic heterocycles. The van der Waals surface area contributed by atoms with Crippen LogP contribution in [0.2, 0.25) is 0 Å². The van der Waals surface area contributed by atoms with Crippen LogP contribution in [0.5, 0.6) is 5.75 Å². The number of aliphatic hydroxyl groups excluding tert-OH is 1. The van der Waals surface area contributed by atoms with Gasteiger partial charge in [0.05, 0.1) is 17.3 Å². The van der Waals surface area contributed by atoms with Crippen LogP contribution in [0.15, 0.2) is 47.3 Å². The van der Waals surface area contributed by atoms with Crippen LogP contribution in [0.4, 0.5) is 0 Å². The number of benzene rings is 2. The molecule has 4 nitrogen and oxygen atoms in total. The maximum Gasteiger partial charge on any atom is 0.305 e. The van der Waals surface area contributed by atoms with Crippen molar-refractivity contribution in [2.24, 2.45) is 0 Å². The first-order valence-electron chi connectivity index (χ1n) is 6.12. The predicted octanol–water partition coefficient (Wildman–Crippen LogP) is 2.68. The van der Waals surface area contributed by atoms with Gasteiger partial charge in [-0.05, 0) is 35.4 Å². The number of ether oxygens (including phenoxy) is 1. The summed E-state index contributed by atoms with van der Waals surface area (Å²) in [6.45, 7) is 0. The number of methoxy groups -OCH3 is 1. The first-order valence-corrected chi connectivity index (χ1v) is 6.94. The summed E-state index contributed by atoms with van der Waals surface area (Å²) in [6, 6.07) is 12.8. The number of nitrogens with one attached hydrogen (secondary N) is 1. The SMILES string of the molecule is COc1ccc(C(O)c2ccc3[nH]c(=O)sc3c2)cc1. The van der Waals surface area contributed by atoms with Crippen LogP contribution in [0.25, 0.3) is 10.2 Å². The van der Waals surface area contributed by atoms with Gasteiger partial charge in [0.2, 0.25) is 0 Å². The lowest BCUT2D eigenvalue weighted by molar-refractivity contribution is 0.220. The molecule has 0 saturated carbocycles. The predicted molar refractivity (Wildman–Crippen MR) is 79.5 cm³/mol. The monoisotopic (exact) mass is 287 g/mol. The average Bonchev–Trinajstić information content (AvgIpc) is 2.85. The molecule has 1 unspecified atom stereocenters. The van der Waals surface area contributed by atoms with E-state index in [0.717, 1.165) is 38.4 Å². The van der Waals surface area contributed by atoms with E-state index < -0.39 is 6.10 Å². The number of rotatable bonds is 3. The third-order valence-corrected chi connectivity index (χ3v) is 4.04. The zero-order chi connectivity index (χ0) is 14.1. The van der Waals surface area contributed by atoms with Crippen molar-refractivity contribution >= 4 is 21.6 Å². The van der Waals surface area contributed by atoms with Gasteiger partial charge in [0.25, 0.3) is 0 Å². The molecule has 3 aromatic rings. The quantitative estimate of drug-likeness (QED) is 0.778. The van der Waals surface area contributed by atoms with E-state index in [4.69, 9.17) is 4.74 Å². The molecule has 1 heterocycles. The Labute approximate surface area is 119 Å². The van der Waals surface area contributed by atoms with E-state index in [1.807, 2.05) is 42.5 Å². The summed E-state index contributed by atoms with van der Waals surface area (Å²) in [5, 5.41) is 10.4. The topological polar surface area (TPSA) is 62.3 Å². The third kappa shape index (κ3) is 2.33. The molecule has 0 aliphatic rings. The van der Waals surface area contributed by atoms with Crippen LogP contribution in [0.3, 0.4) is 0 Å². The lowest BCUT2D eigenvalue weighted by Crippen LogP contribution is -1.99. The smallest absolute Gasteiger partial charge is 0.305 e. The van der Waals surface area contributed by atoms with Crippen molar-refractivity contribution in [2.45, 2.75) is 6.10 Å². The number of H-pyrrole nitrogens is 1. The molecule has 5 heteroatoms. The number of aliphatic hydroxyl groups is 1. The van der Waals surface area contributed by atoms with Crippen LogP contribution in [0, 0.1) is 0 Å². The number of fused-ring (bicyclic) bond motifs is 1. The first-order chi connectivity index (χ1) is 9.67. The Balaban J connectivity index is 1.97. The molecule has 102 valence electrons. The highest BCUT2D eigenvalue weighted by Crippen LogP contribution is 2.26. The molecule has 0 saturated heterocycles. The largest absolute Gasteiger partial charge is 0.497 e. The van der Waals surface area contributed by atoms with Crippen molar-refractivity contribution in [1.82, 2.24) is 4.98 Å². The number of hydrogen-bond acceptors (Lipinski definition) is 4. The highest BCUT2D eigenvalue weighted by atomic mass is 32.1. The van der Waals surface area contributed by atoms with E-state index in [1.165, 1.54) is 0 Å². The molecule has 0 radical (unpaired) electrons. The van der Waals surface area contributed by atoms with Gasteiger partial charge < -0.3 is 14.8 Å². The van der Waals surface area contributed by atoms with Crippen LogP contribution >= 0.6 is 11.3 Å². The maximum atomic E-state index is 11.3. The highest BCUT2D eigenvalue weighted by molar-refractivity contribution is 7.16. The molecule has 3 rings (SSSR count). The first kappa shape index (κ1) is 12.9. The molecule has 20 heavy (non-hydrogen) atoms. The van der Waals surface area contributed by atoms with Crippen molar-refractivity contribution in [3.05, 3.63) is 63.3 Å². The maximum absolute atomic E-state index is 11.3. The molecule has 0 amide bonds. The molecule has 0 aliphatic carbocycles.